The fourth-order valence-electron chi connectivity index (χ4n) is 2.70. The third-order valence-corrected chi connectivity index (χ3v) is 4.10. The summed E-state index contributed by atoms with van der Waals surface area (Å²) in [4.78, 5) is 11.5. The van der Waals surface area contributed by atoms with Crippen molar-refractivity contribution in [1.29, 1.82) is 0 Å². The highest BCUT2D eigenvalue weighted by Crippen LogP contribution is 2.34. The standard InChI is InChI=1S/C19H26O5/c1-2-3-4-5-6-7-8-9-13-23-15-12-10-11-14-16(20)17(21)19(22)24-18(14)15/h10-12,20-21H,2-9,13H2,1H3. The van der Waals surface area contributed by atoms with Gasteiger partial charge in [0, 0.05) is 0 Å². The number of benzene rings is 1. The van der Waals surface area contributed by atoms with E-state index in [1.807, 2.05) is 0 Å². The summed E-state index contributed by atoms with van der Waals surface area (Å²) in [5.74, 6) is -0.843. The number of hydrogen-bond acceptors (Lipinski definition) is 5. The Morgan fingerprint density at radius 2 is 1.62 bits per heavy atom. The van der Waals surface area contributed by atoms with E-state index in [-0.39, 0.29) is 11.0 Å². The molecular weight excluding hydrogens is 308 g/mol. The zero-order chi connectivity index (χ0) is 17.4. The van der Waals surface area contributed by atoms with Crippen LogP contribution < -0.4 is 10.4 Å². The Morgan fingerprint density at radius 1 is 0.958 bits per heavy atom. The molecule has 0 unspecified atom stereocenters. The maximum Gasteiger partial charge on any atom is 0.382 e. The Balaban J connectivity index is 1.84. The van der Waals surface area contributed by atoms with Crippen molar-refractivity contribution in [3.8, 4) is 17.2 Å². The lowest BCUT2D eigenvalue weighted by Gasteiger charge is -2.09. The largest absolute Gasteiger partial charge is 0.504 e. The minimum absolute atomic E-state index is 0.164. The highest BCUT2D eigenvalue weighted by atomic mass is 16.5. The van der Waals surface area contributed by atoms with Crippen molar-refractivity contribution in [3.05, 3.63) is 28.6 Å². The zero-order valence-electron chi connectivity index (χ0n) is 14.2. The molecule has 1 heterocycles. The summed E-state index contributed by atoms with van der Waals surface area (Å²) < 4.78 is 10.7. The molecule has 0 aliphatic heterocycles. The van der Waals surface area contributed by atoms with Crippen molar-refractivity contribution in [3.63, 3.8) is 0 Å². The molecule has 0 atom stereocenters. The van der Waals surface area contributed by atoms with E-state index in [2.05, 4.69) is 6.92 Å². The van der Waals surface area contributed by atoms with Crippen molar-refractivity contribution < 1.29 is 19.4 Å². The van der Waals surface area contributed by atoms with E-state index in [0.29, 0.717) is 12.4 Å². The van der Waals surface area contributed by atoms with E-state index in [1.165, 1.54) is 38.5 Å². The molecule has 0 saturated heterocycles. The van der Waals surface area contributed by atoms with Gasteiger partial charge in [0.15, 0.2) is 17.1 Å². The topological polar surface area (TPSA) is 79.9 Å². The lowest BCUT2D eigenvalue weighted by molar-refractivity contribution is 0.300. The van der Waals surface area contributed by atoms with Gasteiger partial charge in [0.1, 0.15) is 0 Å². The Hall–Kier alpha value is -2.17. The van der Waals surface area contributed by atoms with Gasteiger partial charge in [-0.05, 0) is 18.6 Å². The van der Waals surface area contributed by atoms with Crippen LogP contribution in [0.2, 0.25) is 0 Å². The van der Waals surface area contributed by atoms with Crippen molar-refractivity contribution in [1.82, 2.24) is 0 Å². The van der Waals surface area contributed by atoms with Crippen molar-refractivity contribution in [2.45, 2.75) is 58.3 Å². The minimum Gasteiger partial charge on any atom is -0.504 e. The van der Waals surface area contributed by atoms with E-state index in [1.54, 1.807) is 18.2 Å². The van der Waals surface area contributed by atoms with Gasteiger partial charge in [0.05, 0.1) is 12.0 Å². The molecule has 0 spiro atoms. The molecule has 0 aliphatic rings. The van der Waals surface area contributed by atoms with Gasteiger partial charge in [-0.3, -0.25) is 0 Å². The fraction of sp³-hybridized carbons (Fsp3) is 0.526. The minimum atomic E-state index is -0.969. The number of unbranched alkanes of at least 4 members (excludes halogenated alkanes) is 7. The number of aromatic hydroxyl groups is 2. The molecule has 0 radical (unpaired) electrons. The Labute approximate surface area is 141 Å². The monoisotopic (exact) mass is 334 g/mol. The van der Waals surface area contributed by atoms with Crippen LogP contribution >= 0.6 is 0 Å². The Bertz CT molecular complexity index is 705. The summed E-state index contributed by atoms with van der Waals surface area (Å²) in [6, 6.07) is 4.94. The van der Waals surface area contributed by atoms with Crippen LogP contribution in [0.1, 0.15) is 58.3 Å². The van der Waals surface area contributed by atoms with Gasteiger partial charge in [-0.2, -0.15) is 0 Å². The van der Waals surface area contributed by atoms with E-state index >= 15 is 0 Å². The molecule has 2 N–H and O–H groups in total. The van der Waals surface area contributed by atoms with E-state index in [0.717, 1.165) is 12.8 Å². The lowest BCUT2D eigenvalue weighted by atomic mass is 10.1. The summed E-state index contributed by atoms with van der Waals surface area (Å²) >= 11 is 0. The first kappa shape index (κ1) is 18.2. The second-order valence-electron chi connectivity index (χ2n) is 6.04. The predicted molar refractivity (Wildman–Crippen MR) is 93.9 cm³/mol. The maximum atomic E-state index is 11.5. The molecule has 0 saturated carbocycles. The van der Waals surface area contributed by atoms with Gasteiger partial charge in [-0.1, -0.05) is 57.9 Å². The highest BCUT2D eigenvalue weighted by Gasteiger charge is 2.15. The molecule has 5 nitrogen and oxygen atoms in total. The first-order chi connectivity index (χ1) is 11.6. The normalized spacial score (nSPS) is 11.0. The van der Waals surface area contributed by atoms with Gasteiger partial charge < -0.3 is 19.4 Å². The van der Waals surface area contributed by atoms with Crippen LogP contribution in [-0.4, -0.2) is 16.8 Å². The second kappa shape index (κ2) is 9.21. The summed E-state index contributed by atoms with van der Waals surface area (Å²) in [7, 11) is 0. The van der Waals surface area contributed by atoms with Crippen LogP contribution in [0.25, 0.3) is 11.0 Å². The molecule has 1 aromatic carbocycles. The molecule has 2 rings (SSSR count). The molecule has 0 fully saturated rings. The smallest absolute Gasteiger partial charge is 0.382 e. The second-order valence-corrected chi connectivity index (χ2v) is 6.04. The van der Waals surface area contributed by atoms with Crippen molar-refractivity contribution in [2.75, 3.05) is 6.61 Å². The molecule has 2 aromatic rings. The summed E-state index contributed by atoms with van der Waals surface area (Å²) in [5, 5.41) is 19.5. The molecule has 132 valence electrons. The van der Waals surface area contributed by atoms with Crippen LogP contribution in [-0.2, 0) is 0 Å². The van der Waals surface area contributed by atoms with E-state index < -0.39 is 17.1 Å². The average Bonchev–Trinajstić information content (AvgIpc) is 2.59. The molecule has 0 bridgehead atoms. The predicted octanol–water partition coefficient (Wildman–Crippen LogP) is 4.72. The van der Waals surface area contributed by atoms with Crippen LogP contribution in [0.4, 0.5) is 0 Å². The van der Waals surface area contributed by atoms with Gasteiger partial charge in [-0.15, -0.1) is 0 Å². The zero-order valence-corrected chi connectivity index (χ0v) is 14.2. The summed E-state index contributed by atoms with van der Waals surface area (Å²) in [6.45, 7) is 2.74. The molecular formula is C19H26O5. The number of fused-ring (bicyclic) bond motifs is 1. The number of rotatable bonds is 10. The van der Waals surface area contributed by atoms with Gasteiger partial charge >= 0.3 is 5.63 Å². The Kier molecular flexibility index (Phi) is 6.97. The fourth-order valence-corrected chi connectivity index (χ4v) is 2.70. The SMILES string of the molecule is CCCCCCCCCCOc1cccc2c(O)c(O)c(=O)oc12. The third kappa shape index (κ3) is 4.66. The quantitative estimate of drug-likeness (QED) is 0.485. The highest BCUT2D eigenvalue weighted by molar-refractivity contribution is 5.89. The number of para-hydroxylation sites is 1. The van der Waals surface area contributed by atoms with Gasteiger partial charge in [0.2, 0.25) is 5.75 Å². The van der Waals surface area contributed by atoms with Crippen LogP contribution in [0.5, 0.6) is 17.2 Å². The number of hydrogen-bond donors (Lipinski definition) is 2. The van der Waals surface area contributed by atoms with Crippen molar-refractivity contribution >= 4 is 11.0 Å². The Morgan fingerprint density at radius 3 is 2.33 bits per heavy atom. The molecule has 0 amide bonds. The summed E-state index contributed by atoms with van der Waals surface area (Å²) in [6.07, 6.45) is 9.69. The first-order valence-electron chi connectivity index (χ1n) is 8.75. The van der Waals surface area contributed by atoms with Crippen LogP contribution in [0, 0.1) is 0 Å². The van der Waals surface area contributed by atoms with Gasteiger partial charge in [0.25, 0.3) is 0 Å². The summed E-state index contributed by atoms with van der Waals surface area (Å²) in [5.41, 5.74) is -0.805. The van der Waals surface area contributed by atoms with E-state index in [9.17, 15) is 15.0 Å². The number of ether oxygens (including phenoxy) is 1. The van der Waals surface area contributed by atoms with Crippen LogP contribution in [0.3, 0.4) is 0 Å². The molecule has 24 heavy (non-hydrogen) atoms. The maximum absolute atomic E-state index is 11.5. The first-order valence-corrected chi connectivity index (χ1v) is 8.75. The third-order valence-electron chi connectivity index (χ3n) is 4.10. The van der Waals surface area contributed by atoms with E-state index in [4.69, 9.17) is 9.15 Å². The van der Waals surface area contributed by atoms with Gasteiger partial charge in [-0.25, -0.2) is 4.79 Å². The average molecular weight is 334 g/mol. The van der Waals surface area contributed by atoms with Crippen LogP contribution in [0.15, 0.2) is 27.4 Å². The van der Waals surface area contributed by atoms with Crippen molar-refractivity contribution in [2.24, 2.45) is 0 Å². The lowest BCUT2D eigenvalue weighted by Crippen LogP contribution is -2.02. The molecule has 1 aromatic heterocycles. The molecule has 5 heteroatoms. The molecule has 0 aliphatic carbocycles.